The summed E-state index contributed by atoms with van der Waals surface area (Å²) in [5, 5.41) is 16.5. The second kappa shape index (κ2) is 5.56. The number of aliphatic carboxylic acids is 1. The number of nitrogens with one attached hydrogen (secondary N) is 1. The molecule has 0 spiro atoms. The predicted octanol–water partition coefficient (Wildman–Crippen LogP) is 0.698. The first kappa shape index (κ1) is 17.1. The third-order valence-corrected chi connectivity index (χ3v) is 6.17. The first-order valence-corrected chi connectivity index (χ1v) is 9.05. The summed E-state index contributed by atoms with van der Waals surface area (Å²) in [4.78, 5) is 38.6. The van der Waals surface area contributed by atoms with Gasteiger partial charge in [0, 0.05) is 25.7 Å². The number of carbonyl (C=O) groups excluding carboxylic acids is 2. The van der Waals surface area contributed by atoms with Crippen LogP contribution in [0.3, 0.4) is 0 Å². The maximum Gasteiger partial charge on any atom is 0.307 e. The van der Waals surface area contributed by atoms with Gasteiger partial charge in [-0.2, -0.15) is 5.10 Å². The molecule has 0 unspecified atom stereocenters. The lowest BCUT2D eigenvalue weighted by atomic mass is 10.0. The van der Waals surface area contributed by atoms with Crippen molar-refractivity contribution in [2.45, 2.75) is 51.2 Å². The van der Waals surface area contributed by atoms with Crippen LogP contribution in [0.1, 0.15) is 44.8 Å². The van der Waals surface area contributed by atoms with Crippen molar-refractivity contribution in [2.24, 2.45) is 24.3 Å². The Kier molecular flexibility index (Phi) is 3.65. The number of amides is 2. The van der Waals surface area contributed by atoms with Gasteiger partial charge in [-0.05, 0) is 24.3 Å². The highest BCUT2D eigenvalue weighted by molar-refractivity contribution is 5.92. The number of carboxylic acids is 1. The van der Waals surface area contributed by atoms with Crippen LogP contribution in [0.25, 0.3) is 0 Å². The summed E-state index contributed by atoms with van der Waals surface area (Å²) in [7, 11) is 1.83. The molecule has 8 heteroatoms. The molecule has 3 aliphatic rings. The zero-order chi connectivity index (χ0) is 18.8. The van der Waals surface area contributed by atoms with Crippen LogP contribution >= 0.6 is 0 Å². The van der Waals surface area contributed by atoms with E-state index in [9.17, 15) is 19.5 Å². The largest absolute Gasteiger partial charge is 0.481 e. The number of carboxylic acid groups (broad SMARTS) is 1. The Labute approximate surface area is 151 Å². The van der Waals surface area contributed by atoms with Crippen molar-refractivity contribution in [3.8, 4) is 0 Å². The molecule has 0 radical (unpaired) electrons. The van der Waals surface area contributed by atoms with Crippen LogP contribution in [0.5, 0.6) is 0 Å². The zero-order valence-corrected chi connectivity index (χ0v) is 15.2. The molecule has 2 amide bonds. The Bertz CT molecular complexity index is 782. The van der Waals surface area contributed by atoms with E-state index in [0.29, 0.717) is 0 Å². The van der Waals surface area contributed by atoms with Crippen molar-refractivity contribution in [1.82, 2.24) is 20.0 Å². The third-order valence-electron chi connectivity index (χ3n) is 6.17. The number of rotatable bonds is 5. The number of aryl methyl sites for hydroxylation is 1. The van der Waals surface area contributed by atoms with Crippen LogP contribution in [0.15, 0.2) is 12.3 Å². The van der Waals surface area contributed by atoms with Gasteiger partial charge in [0.2, 0.25) is 11.8 Å². The number of nitrogens with zero attached hydrogens (tertiary/aromatic N) is 3. The van der Waals surface area contributed by atoms with Gasteiger partial charge in [0.25, 0.3) is 0 Å². The number of likely N-dealkylation sites (tertiary alicyclic amines) is 1. The molecule has 2 saturated carbocycles. The van der Waals surface area contributed by atoms with Crippen LogP contribution in [0.2, 0.25) is 0 Å². The van der Waals surface area contributed by atoms with E-state index in [2.05, 4.69) is 10.4 Å². The van der Waals surface area contributed by atoms with Crippen molar-refractivity contribution in [3.05, 3.63) is 18.0 Å². The number of aromatic nitrogens is 2. The molecule has 2 aliphatic carbocycles. The minimum Gasteiger partial charge on any atom is -0.481 e. The van der Waals surface area contributed by atoms with E-state index in [-0.39, 0.29) is 36.4 Å². The molecule has 26 heavy (non-hydrogen) atoms. The SMILES string of the molecule is Cn1nccc1[C@H]1[C@H](NC(=O)[C@@H]2[C@H](C(=O)O)C2(C)C)CC(=O)N1C1CC1. The minimum atomic E-state index is -0.944. The number of carbonyl (C=O) groups is 3. The summed E-state index contributed by atoms with van der Waals surface area (Å²) < 4.78 is 1.74. The van der Waals surface area contributed by atoms with E-state index in [1.165, 1.54) is 0 Å². The zero-order valence-electron chi connectivity index (χ0n) is 15.2. The van der Waals surface area contributed by atoms with Crippen molar-refractivity contribution < 1.29 is 19.5 Å². The van der Waals surface area contributed by atoms with Crippen LogP contribution < -0.4 is 5.32 Å². The fourth-order valence-electron chi connectivity index (χ4n) is 4.55. The number of hydrogen-bond acceptors (Lipinski definition) is 4. The van der Waals surface area contributed by atoms with Gasteiger partial charge in [0.1, 0.15) is 0 Å². The van der Waals surface area contributed by atoms with Gasteiger partial charge in [-0.1, -0.05) is 13.8 Å². The average Bonchev–Trinajstić information content (AvgIpc) is 3.39. The molecule has 4 rings (SSSR count). The molecule has 3 fully saturated rings. The maximum atomic E-state index is 12.8. The van der Waals surface area contributed by atoms with Crippen LogP contribution in [0, 0.1) is 17.3 Å². The highest BCUT2D eigenvalue weighted by atomic mass is 16.4. The Morgan fingerprint density at radius 2 is 2.00 bits per heavy atom. The third kappa shape index (κ3) is 2.50. The highest BCUT2D eigenvalue weighted by Crippen LogP contribution is 2.58. The summed E-state index contributed by atoms with van der Waals surface area (Å²) in [6, 6.07) is 1.49. The second-order valence-electron chi connectivity index (χ2n) is 8.29. The van der Waals surface area contributed by atoms with Crippen molar-refractivity contribution in [2.75, 3.05) is 0 Å². The molecular formula is C18H24N4O4. The van der Waals surface area contributed by atoms with Crippen LogP contribution in [-0.4, -0.2) is 49.7 Å². The van der Waals surface area contributed by atoms with Crippen molar-refractivity contribution in [1.29, 1.82) is 0 Å². The standard InChI is InChI=1S/C18H24N4O4/c1-18(2)13(14(18)17(25)26)16(24)20-10-8-12(23)22(9-4-5-9)15(10)11-6-7-19-21(11)3/h6-7,9-10,13-15H,4-5,8H2,1-3H3,(H,20,24)(H,25,26)/t10-,13+,14-,15-/m1/s1. The molecule has 4 atom stereocenters. The normalized spacial score (nSPS) is 32.6. The predicted molar refractivity (Wildman–Crippen MR) is 90.8 cm³/mol. The smallest absolute Gasteiger partial charge is 0.307 e. The first-order chi connectivity index (χ1) is 12.2. The summed E-state index contributed by atoms with van der Waals surface area (Å²) >= 11 is 0. The lowest BCUT2D eigenvalue weighted by Gasteiger charge is -2.29. The van der Waals surface area contributed by atoms with Crippen LogP contribution in [0.4, 0.5) is 0 Å². The van der Waals surface area contributed by atoms with Gasteiger partial charge in [0.15, 0.2) is 0 Å². The minimum absolute atomic E-state index is 0.0360. The van der Waals surface area contributed by atoms with E-state index in [0.717, 1.165) is 18.5 Å². The fourth-order valence-corrected chi connectivity index (χ4v) is 4.55. The molecule has 2 N–H and O–H groups in total. The highest BCUT2D eigenvalue weighted by Gasteiger charge is 2.66. The molecule has 0 bridgehead atoms. The Morgan fingerprint density at radius 1 is 1.31 bits per heavy atom. The van der Waals surface area contributed by atoms with Gasteiger partial charge in [-0.3, -0.25) is 19.1 Å². The molecule has 140 valence electrons. The fraction of sp³-hybridized carbons (Fsp3) is 0.667. The molecular weight excluding hydrogens is 336 g/mol. The molecule has 1 aromatic rings. The van der Waals surface area contributed by atoms with E-state index >= 15 is 0 Å². The average molecular weight is 360 g/mol. The van der Waals surface area contributed by atoms with Gasteiger partial charge >= 0.3 is 5.97 Å². The summed E-state index contributed by atoms with van der Waals surface area (Å²) in [6.07, 6.45) is 3.89. The van der Waals surface area contributed by atoms with Crippen molar-refractivity contribution in [3.63, 3.8) is 0 Å². The van der Waals surface area contributed by atoms with E-state index in [4.69, 9.17) is 0 Å². The summed E-state index contributed by atoms with van der Waals surface area (Å²) in [6.45, 7) is 3.59. The number of hydrogen-bond donors (Lipinski definition) is 2. The molecule has 1 saturated heterocycles. The van der Waals surface area contributed by atoms with Gasteiger partial charge in [-0.15, -0.1) is 0 Å². The Balaban J connectivity index is 1.57. The van der Waals surface area contributed by atoms with E-state index in [1.807, 2.05) is 18.0 Å². The Hall–Kier alpha value is -2.38. The summed E-state index contributed by atoms with van der Waals surface area (Å²) in [5.41, 5.74) is 0.328. The molecule has 0 aromatic carbocycles. The molecule has 8 nitrogen and oxygen atoms in total. The quantitative estimate of drug-likeness (QED) is 0.804. The topological polar surface area (TPSA) is 105 Å². The monoisotopic (exact) mass is 360 g/mol. The van der Waals surface area contributed by atoms with Gasteiger partial charge in [0.05, 0.1) is 29.6 Å². The van der Waals surface area contributed by atoms with Gasteiger partial charge < -0.3 is 15.3 Å². The van der Waals surface area contributed by atoms with Crippen LogP contribution in [-0.2, 0) is 21.4 Å². The molecule has 1 aromatic heterocycles. The second-order valence-corrected chi connectivity index (χ2v) is 8.29. The van der Waals surface area contributed by atoms with Gasteiger partial charge in [-0.25, -0.2) is 0 Å². The Morgan fingerprint density at radius 3 is 2.50 bits per heavy atom. The van der Waals surface area contributed by atoms with Crippen molar-refractivity contribution >= 4 is 17.8 Å². The molecule has 2 heterocycles. The van der Waals surface area contributed by atoms with E-state index in [1.54, 1.807) is 24.7 Å². The lowest BCUT2D eigenvalue weighted by Crippen LogP contribution is -2.42. The summed E-state index contributed by atoms with van der Waals surface area (Å²) in [5.74, 6) is -2.41. The first-order valence-electron chi connectivity index (χ1n) is 9.05. The maximum absolute atomic E-state index is 12.8. The lowest BCUT2D eigenvalue weighted by molar-refractivity contribution is -0.140. The van der Waals surface area contributed by atoms with E-state index < -0.39 is 23.2 Å². The molecule has 1 aliphatic heterocycles.